The molecular weight excluding hydrogens is 160 g/mol. The molecule has 0 saturated carbocycles. The summed E-state index contributed by atoms with van der Waals surface area (Å²) >= 11 is 1.56. The Bertz CT molecular complexity index is 369. The molecule has 2 heterocycles. The molecule has 0 saturated heterocycles. The van der Waals surface area contributed by atoms with Crippen LogP contribution in [0.4, 0.5) is 0 Å². The number of hydrogen-bond acceptors (Lipinski definition) is 4. The Morgan fingerprint density at radius 3 is 3.27 bits per heavy atom. The third kappa shape index (κ3) is 0.970. The molecule has 0 atom stereocenters. The van der Waals surface area contributed by atoms with Gasteiger partial charge in [0.1, 0.15) is 16.9 Å². The van der Waals surface area contributed by atoms with E-state index < -0.39 is 0 Å². The molecule has 55 valence electrons. The molecule has 11 heavy (non-hydrogen) atoms. The molecule has 0 aliphatic carbocycles. The molecule has 2 aromatic rings. The standard InChI is InChI=1S/C6H5N4S/c1-11-6-4-5(8-2-7-4)9-3-10-6/h3H,1H3,(H,7,8,9,10). The normalized spacial score (nSPS) is 10.6. The predicted molar refractivity (Wildman–Crippen MR) is 42.3 cm³/mol. The Morgan fingerprint density at radius 1 is 1.55 bits per heavy atom. The monoisotopic (exact) mass is 165 g/mol. The fourth-order valence-electron chi connectivity index (χ4n) is 0.846. The largest absolute Gasteiger partial charge is 0.332 e. The zero-order chi connectivity index (χ0) is 7.68. The van der Waals surface area contributed by atoms with Crippen molar-refractivity contribution in [2.24, 2.45) is 0 Å². The quantitative estimate of drug-likeness (QED) is 0.503. The zero-order valence-electron chi connectivity index (χ0n) is 5.83. The minimum absolute atomic E-state index is 0.671. The third-order valence-corrected chi connectivity index (χ3v) is 2.02. The van der Waals surface area contributed by atoms with Crippen molar-refractivity contribution in [3.05, 3.63) is 12.7 Å². The van der Waals surface area contributed by atoms with Gasteiger partial charge < -0.3 is 4.98 Å². The SMILES string of the molecule is CSc1ncnc2n[c][nH]c12. The molecule has 0 bridgehead atoms. The summed E-state index contributed by atoms with van der Waals surface area (Å²) in [6.45, 7) is 0. The second-order valence-corrected chi connectivity index (χ2v) is 2.73. The van der Waals surface area contributed by atoms with Gasteiger partial charge in [0.2, 0.25) is 0 Å². The van der Waals surface area contributed by atoms with Gasteiger partial charge >= 0.3 is 0 Å². The minimum Gasteiger partial charge on any atom is -0.332 e. The first-order chi connectivity index (χ1) is 5.42. The van der Waals surface area contributed by atoms with Crippen LogP contribution in [0.15, 0.2) is 11.4 Å². The number of aromatic nitrogens is 4. The van der Waals surface area contributed by atoms with Gasteiger partial charge in [-0.2, -0.15) is 0 Å². The van der Waals surface area contributed by atoms with Crippen molar-refractivity contribution in [3.8, 4) is 0 Å². The summed E-state index contributed by atoms with van der Waals surface area (Å²) in [6.07, 6.45) is 6.09. The lowest BCUT2D eigenvalue weighted by Crippen LogP contribution is -1.83. The highest BCUT2D eigenvalue weighted by Gasteiger charge is 2.02. The van der Waals surface area contributed by atoms with E-state index in [0.717, 1.165) is 10.5 Å². The van der Waals surface area contributed by atoms with Crippen LogP contribution < -0.4 is 0 Å². The summed E-state index contributed by atoms with van der Waals surface area (Å²) in [5.74, 6) is 0. The number of nitrogens with zero attached hydrogens (tertiary/aromatic N) is 3. The van der Waals surface area contributed by atoms with Gasteiger partial charge in [0.15, 0.2) is 12.0 Å². The van der Waals surface area contributed by atoms with Crippen LogP contribution in [0.5, 0.6) is 0 Å². The lowest BCUT2D eigenvalue weighted by atomic mass is 10.6. The highest BCUT2D eigenvalue weighted by Crippen LogP contribution is 2.17. The molecule has 5 heteroatoms. The number of H-pyrrole nitrogens is 1. The first-order valence-electron chi connectivity index (χ1n) is 3.02. The van der Waals surface area contributed by atoms with E-state index in [9.17, 15) is 0 Å². The molecule has 2 rings (SSSR count). The Balaban J connectivity index is 2.79. The van der Waals surface area contributed by atoms with Crippen LogP contribution >= 0.6 is 11.8 Å². The average molecular weight is 165 g/mol. The third-order valence-electron chi connectivity index (χ3n) is 1.33. The van der Waals surface area contributed by atoms with E-state index in [1.165, 1.54) is 6.33 Å². The first-order valence-corrected chi connectivity index (χ1v) is 4.25. The van der Waals surface area contributed by atoms with Gasteiger partial charge in [-0.3, -0.25) is 0 Å². The minimum atomic E-state index is 0.671. The summed E-state index contributed by atoms with van der Waals surface area (Å²) in [4.78, 5) is 14.7. The second kappa shape index (κ2) is 2.50. The maximum absolute atomic E-state index is 4.06. The van der Waals surface area contributed by atoms with Crippen LogP contribution in [-0.4, -0.2) is 26.2 Å². The summed E-state index contributed by atoms with van der Waals surface area (Å²) in [5, 5.41) is 0.906. The Morgan fingerprint density at radius 2 is 2.45 bits per heavy atom. The predicted octanol–water partition coefficient (Wildman–Crippen LogP) is 0.875. The number of rotatable bonds is 1. The summed E-state index contributed by atoms with van der Waals surface area (Å²) in [5.41, 5.74) is 1.53. The van der Waals surface area contributed by atoms with Gasteiger partial charge in [-0.1, -0.05) is 0 Å². The molecule has 0 aromatic carbocycles. The van der Waals surface area contributed by atoms with E-state index in [4.69, 9.17) is 0 Å². The number of aromatic amines is 1. The number of fused-ring (bicyclic) bond motifs is 1. The smallest absolute Gasteiger partial charge is 0.182 e. The van der Waals surface area contributed by atoms with Gasteiger partial charge in [-0.25, -0.2) is 15.0 Å². The molecule has 4 nitrogen and oxygen atoms in total. The number of nitrogens with one attached hydrogen (secondary N) is 1. The van der Waals surface area contributed by atoms with Crippen molar-refractivity contribution in [3.63, 3.8) is 0 Å². The summed E-state index contributed by atoms with van der Waals surface area (Å²) in [7, 11) is 0. The van der Waals surface area contributed by atoms with E-state index in [0.29, 0.717) is 5.65 Å². The molecular formula is C6H5N4S. The lowest BCUT2D eigenvalue weighted by Gasteiger charge is -1.93. The average Bonchev–Trinajstić information content (AvgIpc) is 2.50. The van der Waals surface area contributed by atoms with E-state index in [2.05, 4.69) is 26.3 Å². The first kappa shape index (κ1) is 6.60. The van der Waals surface area contributed by atoms with Crippen molar-refractivity contribution < 1.29 is 0 Å². The van der Waals surface area contributed by atoms with Crippen molar-refractivity contribution in [2.75, 3.05) is 6.26 Å². The van der Waals surface area contributed by atoms with Crippen LogP contribution in [-0.2, 0) is 0 Å². The maximum atomic E-state index is 4.06. The fourth-order valence-corrected chi connectivity index (χ4v) is 1.35. The van der Waals surface area contributed by atoms with Crippen molar-refractivity contribution in [1.82, 2.24) is 19.9 Å². The van der Waals surface area contributed by atoms with Crippen LogP contribution in [0.3, 0.4) is 0 Å². The highest BCUT2D eigenvalue weighted by atomic mass is 32.2. The van der Waals surface area contributed by atoms with Crippen LogP contribution in [0, 0.1) is 6.33 Å². The lowest BCUT2D eigenvalue weighted by molar-refractivity contribution is 1.09. The van der Waals surface area contributed by atoms with Gasteiger partial charge in [0, 0.05) is 0 Å². The molecule has 0 fully saturated rings. The number of thioether (sulfide) groups is 1. The van der Waals surface area contributed by atoms with E-state index in [1.807, 2.05) is 6.26 Å². The summed E-state index contributed by atoms with van der Waals surface area (Å²) < 4.78 is 0. The van der Waals surface area contributed by atoms with Gasteiger partial charge in [-0.15, -0.1) is 11.8 Å². The topological polar surface area (TPSA) is 54.5 Å². The summed E-state index contributed by atoms with van der Waals surface area (Å²) in [6, 6.07) is 0. The molecule has 1 N–H and O–H groups in total. The van der Waals surface area contributed by atoms with Gasteiger partial charge in [0.25, 0.3) is 0 Å². The molecule has 0 unspecified atom stereocenters. The van der Waals surface area contributed by atoms with Crippen LogP contribution in [0.1, 0.15) is 0 Å². The van der Waals surface area contributed by atoms with Crippen LogP contribution in [0.25, 0.3) is 11.2 Å². The number of imidazole rings is 1. The van der Waals surface area contributed by atoms with Gasteiger partial charge in [0.05, 0.1) is 0 Å². The fraction of sp³-hybridized carbons (Fsp3) is 0.167. The maximum Gasteiger partial charge on any atom is 0.182 e. The molecule has 0 spiro atoms. The Hall–Kier alpha value is -1.10. The van der Waals surface area contributed by atoms with Crippen molar-refractivity contribution >= 4 is 22.9 Å². The molecule has 2 aromatic heterocycles. The Kier molecular flexibility index (Phi) is 1.50. The number of hydrogen-bond donors (Lipinski definition) is 1. The van der Waals surface area contributed by atoms with Crippen molar-refractivity contribution in [2.45, 2.75) is 5.03 Å². The van der Waals surface area contributed by atoms with Crippen LogP contribution in [0.2, 0.25) is 0 Å². The molecule has 0 aliphatic rings. The second-order valence-electron chi connectivity index (χ2n) is 1.93. The highest BCUT2D eigenvalue weighted by molar-refractivity contribution is 7.98. The van der Waals surface area contributed by atoms with E-state index in [-0.39, 0.29) is 0 Å². The zero-order valence-corrected chi connectivity index (χ0v) is 6.64. The van der Waals surface area contributed by atoms with Crippen molar-refractivity contribution in [1.29, 1.82) is 0 Å². The Labute approximate surface area is 67.5 Å². The molecule has 0 aliphatic heterocycles. The van der Waals surface area contributed by atoms with E-state index in [1.54, 1.807) is 11.8 Å². The van der Waals surface area contributed by atoms with Gasteiger partial charge in [-0.05, 0) is 6.26 Å². The van der Waals surface area contributed by atoms with E-state index >= 15 is 0 Å². The molecule has 0 amide bonds. The molecule has 1 radical (unpaired) electrons.